The summed E-state index contributed by atoms with van der Waals surface area (Å²) in [5, 5.41) is 4.53. The van der Waals surface area contributed by atoms with E-state index in [0.29, 0.717) is 5.39 Å². The second-order valence-electron chi connectivity index (χ2n) is 7.52. The van der Waals surface area contributed by atoms with Gasteiger partial charge in [-0.1, -0.05) is 49.6 Å². The minimum absolute atomic E-state index is 0.117. The summed E-state index contributed by atoms with van der Waals surface area (Å²) in [6.45, 7) is 2.17. The molecule has 1 aliphatic rings. The molecule has 28 heavy (non-hydrogen) atoms. The molecule has 2 aromatic carbocycles. The fourth-order valence-electron chi connectivity index (χ4n) is 3.87. The van der Waals surface area contributed by atoms with Crippen LogP contribution in [0.4, 0.5) is 0 Å². The van der Waals surface area contributed by atoms with E-state index in [1.807, 2.05) is 25.1 Å². The van der Waals surface area contributed by atoms with Gasteiger partial charge in [0, 0.05) is 11.4 Å². The number of nitrogens with one attached hydrogen (secondary N) is 2. The first-order valence-electron chi connectivity index (χ1n) is 9.93. The van der Waals surface area contributed by atoms with Gasteiger partial charge in [0.05, 0.1) is 4.90 Å². The van der Waals surface area contributed by atoms with Crippen molar-refractivity contribution >= 4 is 26.7 Å². The van der Waals surface area contributed by atoms with Crippen LogP contribution < -0.4 is 15.8 Å². The molecule has 0 spiro atoms. The van der Waals surface area contributed by atoms with Crippen molar-refractivity contribution in [2.75, 3.05) is 6.54 Å². The van der Waals surface area contributed by atoms with E-state index in [-0.39, 0.29) is 29.8 Å². The molecule has 1 aliphatic carbocycles. The highest BCUT2D eigenvalue weighted by Crippen LogP contribution is 2.26. The molecule has 0 heterocycles. The predicted molar refractivity (Wildman–Crippen MR) is 111 cm³/mol. The second kappa shape index (κ2) is 9.03. The third-order valence-electron chi connectivity index (χ3n) is 5.41. The number of amides is 1. The van der Waals surface area contributed by atoms with Gasteiger partial charge in [-0.15, -0.1) is 0 Å². The van der Waals surface area contributed by atoms with E-state index in [2.05, 4.69) is 10.0 Å². The third kappa shape index (κ3) is 4.71. The zero-order valence-electron chi connectivity index (χ0n) is 16.3. The summed E-state index contributed by atoms with van der Waals surface area (Å²) < 4.78 is 28.8. The van der Waals surface area contributed by atoms with Gasteiger partial charge in [0.25, 0.3) is 0 Å². The van der Waals surface area contributed by atoms with Crippen molar-refractivity contribution in [1.29, 1.82) is 0 Å². The number of aryl methyl sites for hydroxylation is 1. The molecule has 152 valence electrons. The van der Waals surface area contributed by atoms with Gasteiger partial charge in [-0.2, -0.15) is 4.72 Å². The molecule has 1 atom stereocenters. The van der Waals surface area contributed by atoms with Crippen LogP contribution in [0, 0.1) is 6.92 Å². The van der Waals surface area contributed by atoms with Crippen LogP contribution in [0.15, 0.2) is 41.3 Å². The lowest BCUT2D eigenvalue weighted by Crippen LogP contribution is -2.50. The summed E-state index contributed by atoms with van der Waals surface area (Å²) in [5.74, 6) is -0.294. The van der Waals surface area contributed by atoms with Crippen LogP contribution >= 0.6 is 0 Å². The van der Waals surface area contributed by atoms with Gasteiger partial charge < -0.3 is 11.1 Å². The molecule has 7 heteroatoms. The zero-order chi connectivity index (χ0) is 20.1. The van der Waals surface area contributed by atoms with Gasteiger partial charge in [0.2, 0.25) is 15.9 Å². The first-order valence-corrected chi connectivity index (χ1v) is 11.4. The fraction of sp³-hybridized carbons (Fsp3) is 0.476. The van der Waals surface area contributed by atoms with Crippen molar-refractivity contribution in [3.05, 3.63) is 42.0 Å². The summed E-state index contributed by atoms with van der Waals surface area (Å²) >= 11 is 0. The van der Waals surface area contributed by atoms with Crippen LogP contribution in [-0.4, -0.2) is 33.0 Å². The van der Waals surface area contributed by atoms with Crippen LogP contribution in [0.5, 0.6) is 0 Å². The Bertz CT molecular complexity index is 937. The Balaban J connectivity index is 1.84. The molecular weight excluding hydrogens is 374 g/mol. The van der Waals surface area contributed by atoms with Crippen LogP contribution in [0.25, 0.3) is 10.8 Å². The van der Waals surface area contributed by atoms with Gasteiger partial charge in [-0.3, -0.25) is 4.79 Å². The van der Waals surface area contributed by atoms with E-state index >= 15 is 0 Å². The molecule has 1 fully saturated rings. The van der Waals surface area contributed by atoms with Crippen molar-refractivity contribution in [2.45, 2.75) is 62.4 Å². The quantitative estimate of drug-likeness (QED) is 0.661. The van der Waals surface area contributed by atoms with E-state index < -0.39 is 16.1 Å². The first-order chi connectivity index (χ1) is 13.4. The lowest BCUT2D eigenvalue weighted by atomic mass is 9.95. The highest BCUT2D eigenvalue weighted by Gasteiger charge is 2.28. The Kier molecular flexibility index (Phi) is 6.69. The average molecular weight is 404 g/mol. The molecule has 0 bridgehead atoms. The number of sulfonamides is 1. The summed E-state index contributed by atoms with van der Waals surface area (Å²) in [4.78, 5) is 12.9. The SMILES string of the molecule is Cc1ccc(S(=O)(=O)N[C@@H](CCN)C(=O)NC2CCCCC2)c2ccccc12. The van der Waals surface area contributed by atoms with Crippen molar-refractivity contribution in [3.63, 3.8) is 0 Å². The number of rotatable bonds is 7. The maximum absolute atomic E-state index is 13.1. The van der Waals surface area contributed by atoms with Gasteiger partial charge in [0.15, 0.2) is 0 Å². The van der Waals surface area contributed by atoms with Crippen molar-refractivity contribution in [1.82, 2.24) is 10.0 Å². The van der Waals surface area contributed by atoms with E-state index in [1.54, 1.807) is 18.2 Å². The third-order valence-corrected chi connectivity index (χ3v) is 6.94. The topological polar surface area (TPSA) is 101 Å². The first kappa shape index (κ1) is 20.8. The summed E-state index contributed by atoms with van der Waals surface area (Å²) in [6, 6.07) is 10.0. The highest BCUT2D eigenvalue weighted by molar-refractivity contribution is 7.89. The van der Waals surface area contributed by atoms with E-state index in [9.17, 15) is 13.2 Å². The predicted octanol–water partition coefficient (Wildman–Crippen LogP) is 2.59. The maximum atomic E-state index is 13.1. The molecule has 3 rings (SSSR count). The highest BCUT2D eigenvalue weighted by atomic mass is 32.2. The largest absolute Gasteiger partial charge is 0.352 e. The summed E-state index contributed by atoms with van der Waals surface area (Å²) in [7, 11) is -3.88. The van der Waals surface area contributed by atoms with Crippen LogP contribution in [0.1, 0.15) is 44.1 Å². The van der Waals surface area contributed by atoms with E-state index in [1.165, 1.54) is 6.42 Å². The number of hydrogen-bond acceptors (Lipinski definition) is 4. The Labute approximate surface area is 166 Å². The average Bonchev–Trinajstić information content (AvgIpc) is 2.68. The van der Waals surface area contributed by atoms with Crippen molar-refractivity contribution < 1.29 is 13.2 Å². The van der Waals surface area contributed by atoms with Gasteiger partial charge in [-0.05, 0) is 49.7 Å². The molecule has 0 saturated heterocycles. The standard InChI is InChI=1S/C21H29N3O3S/c1-15-11-12-20(18-10-6-5-9-17(15)18)28(26,27)24-19(13-14-22)21(25)23-16-7-3-2-4-8-16/h5-6,9-12,16,19,24H,2-4,7-8,13-14,22H2,1H3,(H,23,25)/t19-/m0/s1. The smallest absolute Gasteiger partial charge is 0.241 e. The van der Waals surface area contributed by atoms with Gasteiger partial charge >= 0.3 is 0 Å². The Morgan fingerprint density at radius 1 is 1.11 bits per heavy atom. The Morgan fingerprint density at radius 3 is 2.46 bits per heavy atom. The van der Waals surface area contributed by atoms with Gasteiger partial charge in [-0.25, -0.2) is 8.42 Å². The number of benzene rings is 2. The molecule has 1 amide bonds. The molecule has 4 N–H and O–H groups in total. The molecule has 2 aromatic rings. The van der Waals surface area contributed by atoms with Crippen molar-refractivity contribution in [3.8, 4) is 0 Å². The monoisotopic (exact) mass is 403 g/mol. The van der Waals surface area contributed by atoms with Crippen LogP contribution in [-0.2, 0) is 14.8 Å². The second-order valence-corrected chi connectivity index (χ2v) is 9.20. The summed E-state index contributed by atoms with van der Waals surface area (Å²) in [6.07, 6.45) is 5.50. The molecule has 0 radical (unpaired) electrons. The Morgan fingerprint density at radius 2 is 1.79 bits per heavy atom. The molecule has 1 saturated carbocycles. The number of carbonyl (C=O) groups is 1. The zero-order valence-corrected chi connectivity index (χ0v) is 17.1. The number of fused-ring (bicyclic) bond motifs is 1. The lowest BCUT2D eigenvalue weighted by molar-refractivity contribution is -0.123. The maximum Gasteiger partial charge on any atom is 0.241 e. The number of hydrogen-bond donors (Lipinski definition) is 3. The minimum Gasteiger partial charge on any atom is -0.352 e. The van der Waals surface area contributed by atoms with E-state index in [0.717, 1.165) is 36.6 Å². The number of carbonyl (C=O) groups excluding carboxylic acids is 1. The lowest BCUT2D eigenvalue weighted by Gasteiger charge is -2.26. The normalized spacial score (nSPS) is 16.8. The summed E-state index contributed by atoms with van der Waals surface area (Å²) in [5.41, 5.74) is 6.66. The number of nitrogens with two attached hydrogens (primary N) is 1. The fourth-order valence-corrected chi connectivity index (χ4v) is 5.31. The van der Waals surface area contributed by atoms with Crippen LogP contribution in [0.3, 0.4) is 0 Å². The van der Waals surface area contributed by atoms with E-state index in [4.69, 9.17) is 5.73 Å². The van der Waals surface area contributed by atoms with Crippen molar-refractivity contribution in [2.24, 2.45) is 5.73 Å². The minimum atomic E-state index is -3.88. The Hall–Kier alpha value is -1.96. The molecule has 0 aliphatic heterocycles. The molecular formula is C21H29N3O3S. The van der Waals surface area contributed by atoms with Crippen LogP contribution in [0.2, 0.25) is 0 Å². The molecule has 0 unspecified atom stereocenters. The van der Waals surface area contributed by atoms with Gasteiger partial charge in [0.1, 0.15) is 6.04 Å². The molecule has 0 aromatic heterocycles. The molecule has 6 nitrogen and oxygen atoms in total.